The zero-order chi connectivity index (χ0) is 13.4. The number of nitrogens with zero attached hydrogens (tertiary/aromatic N) is 2. The molecule has 0 N–H and O–H groups in total. The van der Waals surface area contributed by atoms with Crippen LogP contribution in [0.5, 0.6) is 0 Å². The highest BCUT2D eigenvalue weighted by Gasteiger charge is 2.14. The van der Waals surface area contributed by atoms with Crippen LogP contribution in [-0.2, 0) is 9.53 Å². The lowest BCUT2D eigenvalue weighted by atomic mass is 10.2. The van der Waals surface area contributed by atoms with E-state index in [2.05, 4.69) is 23.7 Å². The fourth-order valence-corrected chi connectivity index (χ4v) is 3.71. The summed E-state index contributed by atoms with van der Waals surface area (Å²) in [6.07, 6.45) is 4.90. The van der Waals surface area contributed by atoms with Crippen molar-refractivity contribution in [3.63, 3.8) is 0 Å². The molecule has 0 radical (unpaired) electrons. The molecular weight excluding hydrogens is 288 g/mol. The van der Waals surface area contributed by atoms with Crippen LogP contribution in [0.1, 0.15) is 19.8 Å². The quantitative estimate of drug-likeness (QED) is 0.417. The number of carbonyl (C=O) groups excluding carboxylic acids is 1. The Hall–Kier alpha value is -0.530. The Morgan fingerprint density at radius 2 is 2.28 bits per heavy atom. The molecule has 7 heteroatoms. The minimum atomic E-state index is -0.365. The van der Waals surface area contributed by atoms with Crippen LogP contribution in [0.15, 0.2) is 21.3 Å². The predicted octanol–water partition coefficient (Wildman–Crippen LogP) is 3.25. The second kappa shape index (κ2) is 8.55. The Kier molecular flexibility index (Phi) is 7.38. The molecule has 1 atom stereocenters. The summed E-state index contributed by atoms with van der Waals surface area (Å²) < 4.78 is 7.13. The van der Waals surface area contributed by atoms with Crippen LogP contribution in [0, 0.1) is 0 Å². The first-order chi connectivity index (χ1) is 8.69. The van der Waals surface area contributed by atoms with Gasteiger partial charge in [0.1, 0.15) is 6.10 Å². The van der Waals surface area contributed by atoms with E-state index >= 15 is 0 Å². The van der Waals surface area contributed by atoms with Gasteiger partial charge in [-0.15, -0.1) is 10.2 Å². The van der Waals surface area contributed by atoms with Crippen molar-refractivity contribution in [2.45, 2.75) is 34.5 Å². The van der Waals surface area contributed by atoms with Gasteiger partial charge in [0.05, 0.1) is 0 Å². The number of aromatic nitrogens is 2. The van der Waals surface area contributed by atoms with Gasteiger partial charge in [0.15, 0.2) is 8.68 Å². The van der Waals surface area contributed by atoms with Crippen LogP contribution in [0.2, 0.25) is 0 Å². The molecule has 0 aliphatic rings. The number of hydrogen-bond acceptors (Lipinski definition) is 7. The van der Waals surface area contributed by atoms with Crippen molar-refractivity contribution >= 4 is 40.8 Å². The number of thioether (sulfide) groups is 2. The Balaban J connectivity index is 2.45. The zero-order valence-electron chi connectivity index (χ0n) is 10.4. The van der Waals surface area contributed by atoms with Crippen LogP contribution in [0.25, 0.3) is 0 Å². The Bertz CT molecular complexity index is 395. The standard InChI is InChI=1S/C11H16N2O2S3/c1-4-6-8(15-9(14)5-2)7-17-11-13-12-10(16-3)18-11/h5,8H,2,4,6-7H2,1,3H3. The number of carbonyl (C=O) groups is 1. The van der Waals surface area contributed by atoms with Crippen LogP contribution in [-0.4, -0.2) is 34.3 Å². The summed E-state index contributed by atoms with van der Waals surface area (Å²) in [5.74, 6) is 0.340. The van der Waals surface area contributed by atoms with Crippen molar-refractivity contribution in [1.82, 2.24) is 10.2 Å². The zero-order valence-corrected chi connectivity index (χ0v) is 12.9. The lowest BCUT2D eigenvalue weighted by molar-refractivity contribution is -0.142. The van der Waals surface area contributed by atoms with Crippen LogP contribution < -0.4 is 0 Å². The molecule has 0 amide bonds. The minimum Gasteiger partial charge on any atom is -0.458 e. The molecule has 0 spiro atoms. The van der Waals surface area contributed by atoms with Gasteiger partial charge in [0.2, 0.25) is 0 Å². The Morgan fingerprint density at radius 3 is 2.83 bits per heavy atom. The van der Waals surface area contributed by atoms with Crippen molar-refractivity contribution in [2.75, 3.05) is 12.0 Å². The van der Waals surface area contributed by atoms with Gasteiger partial charge in [-0.25, -0.2) is 4.79 Å². The van der Waals surface area contributed by atoms with E-state index in [0.29, 0.717) is 5.75 Å². The van der Waals surface area contributed by atoms with E-state index in [0.717, 1.165) is 21.5 Å². The van der Waals surface area contributed by atoms with Crippen molar-refractivity contribution in [1.29, 1.82) is 0 Å². The summed E-state index contributed by atoms with van der Waals surface area (Å²) in [7, 11) is 0. The summed E-state index contributed by atoms with van der Waals surface area (Å²) in [5.41, 5.74) is 0. The average molecular weight is 304 g/mol. The monoisotopic (exact) mass is 304 g/mol. The smallest absolute Gasteiger partial charge is 0.330 e. The lowest BCUT2D eigenvalue weighted by Crippen LogP contribution is -2.19. The van der Waals surface area contributed by atoms with Gasteiger partial charge < -0.3 is 4.74 Å². The van der Waals surface area contributed by atoms with Crippen molar-refractivity contribution < 1.29 is 9.53 Å². The van der Waals surface area contributed by atoms with Gasteiger partial charge >= 0.3 is 5.97 Å². The lowest BCUT2D eigenvalue weighted by Gasteiger charge is -2.14. The molecule has 4 nitrogen and oxygen atoms in total. The molecule has 1 rings (SSSR count). The molecule has 100 valence electrons. The average Bonchev–Trinajstić information content (AvgIpc) is 2.84. The second-order valence-electron chi connectivity index (χ2n) is 3.40. The van der Waals surface area contributed by atoms with Gasteiger partial charge in [0, 0.05) is 11.8 Å². The topological polar surface area (TPSA) is 52.1 Å². The van der Waals surface area contributed by atoms with E-state index in [4.69, 9.17) is 4.74 Å². The van der Waals surface area contributed by atoms with E-state index < -0.39 is 0 Å². The summed E-state index contributed by atoms with van der Waals surface area (Å²) in [6, 6.07) is 0. The molecule has 0 aliphatic heterocycles. The Morgan fingerprint density at radius 1 is 1.56 bits per heavy atom. The molecule has 0 saturated heterocycles. The maximum Gasteiger partial charge on any atom is 0.330 e. The van der Waals surface area contributed by atoms with E-state index in [1.165, 1.54) is 6.08 Å². The van der Waals surface area contributed by atoms with Gasteiger partial charge in [0.25, 0.3) is 0 Å². The van der Waals surface area contributed by atoms with Crippen molar-refractivity contribution in [2.24, 2.45) is 0 Å². The molecule has 0 aromatic carbocycles. The van der Waals surface area contributed by atoms with Gasteiger partial charge in [-0.1, -0.05) is 54.8 Å². The summed E-state index contributed by atoms with van der Waals surface area (Å²) in [6.45, 7) is 5.47. The highest BCUT2D eigenvalue weighted by atomic mass is 32.2. The third kappa shape index (κ3) is 5.41. The number of rotatable bonds is 8. The van der Waals surface area contributed by atoms with Gasteiger partial charge in [-0.3, -0.25) is 0 Å². The molecule has 1 aromatic rings. The predicted molar refractivity (Wildman–Crippen MR) is 77.4 cm³/mol. The van der Waals surface area contributed by atoms with E-state index in [1.807, 2.05) is 6.26 Å². The van der Waals surface area contributed by atoms with Gasteiger partial charge in [-0.2, -0.15) is 0 Å². The summed E-state index contributed by atoms with van der Waals surface area (Å²) >= 11 is 4.72. The van der Waals surface area contributed by atoms with Crippen LogP contribution in [0.4, 0.5) is 0 Å². The first kappa shape index (κ1) is 15.5. The molecule has 0 bridgehead atoms. The first-order valence-electron chi connectivity index (χ1n) is 5.53. The molecule has 0 aliphatic carbocycles. The van der Waals surface area contributed by atoms with Crippen LogP contribution >= 0.6 is 34.9 Å². The van der Waals surface area contributed by atoms with Crippen molar-refractivity contribution in [3.8, 4) is 0 Å². The highest BCUT2D eigenvalue weighted by molar-refractivity contribution is 8.03. The SMILES string of the molecule is C=CC(=O)OC(CCC)CSc1nnc(SC)s1. The molecule has 0 saturated carbocycles. The van der Waals surface area contributed by atoms with Crippen LogP contribution in [0.3, 0.4) is 0 Å². The maximum absolute atomic E-state index is 11.2. The summed E-state index contributed by atoms with van der Waals surface area (Å²) in [5, 5.41) is 8.09. The van der Waals surface area contributed by atoms with E-state index in [-0.39, 0.29) is 12.1 Å². The number of hydrogen-bond donors (Lipinski definition) is 0. The van der Waals surface area contributed by atoms with Gasteiger partial charge in [-0.05, 0) is 12.7 Å². The molecule has 1 unspecified atom stereocenters. The normalized spacial score (nSPS) is 12.1. The molecule has 0 fully saturated rings. The number of ether oxygens (including phenoxy) is 1. The van der Waals surface area contributed by atoms with Crippen molar-refractivity contribution in [3.05, 3.63) is 12.7 Å². The fourth-order valence-electron chi connectivity index (χ4n) is 1.21. The highest BCUT2D eigenvalue weighted by Crippen LogP contribution is 2.28. The third-order valence-electron chi connectivity index (χ3n) is 2.02. The summed E-state index contributed by atoms with van der Waals surface area (Å²) in [4.78, 5) is 11.2. The molecule has 1 aromatic heterocycles. The Labute approximate surface area is 120 Å². The minimum absolute atomic E-state index is 0.0906. The molecule has 1 heterocycles. The number of esters is 1. The fraction of sp³-hybridized carbons (Fsp3) is 0.545. The second-order valence-corrected chi connectivity index (χ2v) is 6.70. The van der Waals surface area contributed by atoms with E-state index in [1.54, 1.807) is 34.9 Å². The largest absolute Gasteiger partial charge is 0.458 e. The molecule has 18 heavy (non-hydrogen) atoms. The third-order valence-corrected chi connectivity index (χ3v) is 5.18. The van der Waals surface area contributed by atoms with E-state index in [9.17, 15) is 4.79 Å². The molecular formula is C11H16N2O2S3. The maximum atomic E-state index is 11.2. The first-order valence-corrected chi connectivity index (χ1v) is 8.55.